The number of aromatic nitrogens is 1. The first-order chi connectivity index (χ1) is 8.20. The van der Waals surface area contributed by atoms with E-state index in [1.165, 1.54) is 12.3 Å². The van der Waals surface area contributed by atoms with Crippen LogP contribution in [-0.4, -0.2) is 34.2 Å². The minimum absolute atomic E-state index is 0.0945. The normalized spacial score (nSPS) is 10.3. The van der Waals surface area contributed by atoms with E-state index in [0.717, 1.165) is 19.0 Å². The number of unbranched alkanes of at least 4 members (excludes halogenated alkanes) is 1. The van der Waals surface area contributed by atoms with E-state index in [0.29, 0.717) is 18.4 Å². The third kappa shape index (κ3) is 4.07. The number of rotatable bonds is 6. The summed E-state index contributed by atoms with van der Waals surface area (Å²) in [6, 6.07) is 1.42. The molecule has 3 nitrogen and oxygen atoms in total. The van der Waals surface area contributed by atoms with Crippen molar-refractivity contribution in [2.45, 2.75) is 19.8 Å². The van der Waals surface area contributed by atoms with E-state index < -0.39 is 5.82 Å². The Kier molecular flexibility index (Phi) is 6.11. The van der Waals surface area contributed by atoms with Gasteiger partial charge >= 0.3 is 0 Å². The lowest BCUT2D eigenvalue weighted by atomic mass is 10.2. The Balaban J connectivity index is 2.80. The third-order valence-electron chi connectivity index (χ3n) is 2.43. The van der Waals surface area contributed by atoms with Gasteiger partial charge in [0.25, 0.3) is 5.91 Å². The molecule has 17 heavy (non-hydrogen) atoms. The Morgan fingerprint density at radius 2 is 2.29 bits per heavy atom. The SMILES string of the molecule is CCCCN(CCBr)C(=O)c1ccncc1F. The number of pyridine rings is 1. The summed E-state index contributed by atoms with van der Waals surface area (Å²) in [4.78, 5) is 17.4. The summed E-state index contributed by atoms with van der Waals surface area (Å²) in [6.07, 6.45) is 4.43. The first kappa shape index (κ1) is 14.1. The van der Waals surface area contributed by atoms with Crippen LogP contribution < -0.4 is 0 Å². The van der Waals surface area contributed by atoms with Gasteiger partial charge in [-0.1, -0.05) is 29.3 Å². The zero-order chi connectivity index (χ0) is 12.7. The molecule has 0 aliphatic rings. The number of halogens is 2. The minimum atomic E-state index is -0.562. The van der Waals surface area contributed by atoms with Crippen LogP contribution in [-0.2, 0) is 0 Å². The second-order valence-electron chi connectivity index (χ2n) is 3.69. The molecule has 5 heteroatoms. The number of hydrogen-bond donors (Lipinski definition) is 0. The van der Waals surface area contributed by atoms with Gasteiger partial charge in [0.05, 0.1) is 11.8 Å². The molecule has 0 aromatic carbocycles. The molecule has 94 valence electrons. The van der Waals surface area contributed by atoms with E-state index in [1.54, 1.807) is 4.90 Å². The molecule has 1 rings (SSSR count). The first-order valence-electron chi connectivity index (χ1n) is 5.65. The van der Waals surface area contributed by atoms with E-state index in [-0.39, 0.29) is 11.5 Å². The topological polar surface area (TPSA) is 33.2 Å². The van der Waals surface area contributed by atoms with Crippen LogP contribution in [0.3, 0.4) is 0 Å². The molecule has 0 N–H and O–H groups in total. The van der Waals surface area contributed by atoms with Crippen molar-refractivity contribution in [2.24, 2.45) is 0 Å². The van der Waals surface area contributed by atoms with Gasteiger partial charge in [-0.3, -0.25) is 9.78 Å². The Bertz CT molecular complexity index is 373. The molecule has 0 fully saturated rings. The van der Waals surface area contributed by atoms with Crippen LogP contribution in [0.4, 0.5) is 4.39 Å². The van der Waals surface area contributed by atoms with Crippen molar-refractivity contribution in [3.05, 3.63) is 29.8 Å². The molecule has 1 aromatic rings. The summed E-state index contributed by atoms with van der Waals surface area (Å²) in [5.41, 5.74) is 0.0945. The highest BCUT2D eigenvalue weighted by atomic mass is 79.9. The highest BCUT2D eigenvalue weighted by molar-refractivity contribution is 9.09. The van der Waals surface area contributed by atoms with Gasteiger partial charge in [-0.05, 0) is 12.5 Å². The van der Waals surface area contributed by atoms with Gasteiger partial charge in [0, 0.05) is 24.6 Å². The standard InChI is InChI=1S/C12H16BrFN2O/c1-2-3-7-16(8-5-13)12(17)10-4-6-15-9-11(10)14/h4,6,9H,2-3,5,7-8H2,1H3. The predicted molar refractivity (Wildman–Crippen MR) is 68.8 cm³/mol. The number of hydrogen-bond acceptors (Lipinski definition) is 2. The Labute approximate surface area is 109 Å². The maximum atomic E-state index is 13.4. The van der Waals surface area contributed by atoms with Crippen LogP contribution >= 0.6 is 15.9 Å². The lowest BCUT2D eigenvalue weighted by Gasteiger charge is -2.21. The van der Waals surface area contributed by atoms with Gasteiger partial charge in [-0.2, -0.15) is 0 Å². The van der Waals surface area contributed by atoms with Crippen LogP contribution in [0.5, 0.6) is 0 Å². The molecule has 1 aromatic heterocycles. The molecule has 0 spiro atoms. The number of carbonyl (C=O) groups is 1. The molecule has 0 saturated heterocycles. The first-order valence-corrected chi connectivity index (χ1v) is 6.77. The molecular formula is C12H16BrFN2O. The van der Waals surface area contributed by atoms with E-state index in [2.05, 4.69) is 27.8 Å². The van der Waals surface area contributed by atoms with E-state index in [1.807, 2.05) is 0 Å². The van der Waals surface area contributed by atoms with Crippen molar-refractivity contribution in [2.75, 3.05) is 18.4 Å². The van der Waals surface area contributed by atoms with Crippen molar-refractivity contribution in [1.82, 2.24) is 9.88 Å². The highest BCUT2D eigenvalue weighted by Gasteiger charge is 2.18. The Morgan fingerprint density at radius 1 is 1.53 bits per heavy atom. The molecule has 0 bridgehead atoms. The van der Waals surface area contributed by atoms with E-state index in [9.17, 15) is 9.18 Å². The maximum absolute atomic E-state index is 13.4. The molecule has 0 aliphatic heterocycles. The Morgan fingerprint density at radius 3 is 2.88 bits per heavy atom. The lowest BCUT2D eigenvalue weighted by Crippen LogP contribution is -2.34. The average Bonchev–Trinajstić information content (AvgIpc) is 2.34. The summed E-state index contributed by atoms with van der Waals surface area (Å²) in [5.74, 6) is -0.827. The fraction of sp³-hybridized carbons (Fsp3) is 0.500. The monoisotopic (exact) mass is 302 g/mol. The Hall–Kier alpha value is -0.970. The zero-order valence-corrected chi connectivity index (χ0v) is 11.4. The molecule has 0 radical (unpaired) electrons. The van der Waals surface area contributed by atoms with Crippen molar-refractivity contribution >= 4 is 21.8 Å². The fourth-order valence-corrected chi connectivity index (χ4v) is 1.91. The lowest BCUT2D eigenvalue weighted by molar-refractivity contribution is 0.0759. The number of alkyl halides is 1. The summed E-state index contributed by atoms with van der Waals surface area (Å²) in [7, 11) is 0. The van der Waals surface area contributed by atoms with E-state index in [4.69, 9.17) is 0 Å². The molecule has 0 saturated carbocycles. The summed E-state index contributed by atoms with van der Waals surface area (Å²) >= 11 is 3.30. The zero-order valence-electron chi connectivity index (χ0n) is 9.83. The van der Waals surface area contributed by atoms with Gasteiger partial charge in [0.2, 0.25) is 0 Å². The summed E-state index contributed by atoms with van der Waals surface area (Å²) in [6.45, 7) is 3.30. The summed E-state index contributed by atoms with van der Waals surface area (Å²) in [5, 5.41) is 0.690. The average molecular weight is 303 g/mol. The number of carbonyl (C=O) groups excluding carboxylic acids is 1. The molecule has 1 heterocycles. The molecular weight excluding hydrogens is 287 g/mol. The predicted octanol–water partition coefficient (Wildman–Crippen LogP) is 2.86. The van der Waals surface area contributed by atoms with Crippen molar-refractivity contribution in [1.29, 1.82) is 0 Å². The van der Waals surface area contributed by atoms with Crippen LogP contribution in [0.1, 0.15) is 30.1 Å². The van der Waals surface area contributed by atoms with Crippen LogP contribution in [0.2, 0.25) is 0 Å². The van der Waals surface area contributed by atoms with Crippen molar-refractivity contribution in [3.63, 3.8) is 0 Å². The molecule has 0 aliphatic carbocycles. The van der Waals surface area contributed by atoms with Gasteiger partial charge in [0.1, 0.15) is 0 Å². The van der Waals surface area contributed by atoms with Crippen LogP contribution in [0.25, 0.3) is 0 Å². The third-order valence-corrected chi connectivity index (χ3v) is 2.78. The fourth-order valence-electron chi connectivity index (χ4n) is 1.48. The second-order valence-corrected chi connectivity index (χ2v) is 4.48. The smallest absolute Gasteiger partial charge is 0.256 e. The van der Waals surface area contributed by atoms with Gasteiger partial charge in [0.15, 0.2) is 5.82 Å². The quantitative estimate of drug-likeness (QED) is 0.757. The molecule has 1 amide bonds. The van der Waals surface area contributed by atoms with E-state index >= 15 is 0 Å². The van der Waals surface area contributed by atoms with Crippen LogP contribution in [0, 0.1) is 5.82 Å². The van der Waals surface area contributed by atoms with Gasteiger partial charge < -0.3 is 4.90 Å². The van der Waals surface area contributed by atoms with Crippen LogP contribution in [0.15, 0.2) is 18.5 Å². The van der Waals surface area contributed by atoms with Crippen molar-refractivity contribution < 1.29 is 9.18 Å². The number of amides is 1. The molecule has 0 unspecified atom stereocenters. The highest BCUT2D eigenvalue weighted by Crippen LogP contribution is 2.10. The second kappa shape index (κ2) is 7.37. The van der Waals surface area contributed by atoms with Gasteiger partial charge in [-0.15, -0.1) is 0 Å². The van der Waals surface area contributed by atoms with Crippen molar-refractivity contribution in [3.8, 4) is 0 Å². The number of nitrogens with zero attached hydrogens (tertiary/aromatic N) is 2. The van der Waals surface area contributed by atoms with Gasteiger partial charge in [-0.25, -0.2) is 4.39 Å². The minimum Gasteiger partial charge on any atom is -0.338 e. The summed E-state index contributed by atoms with van der Waals surface area (Å²) < 4.78 is 13.4. The molecule has 0 atom stereocenters. The largest absolute Gasteiger partial charge is 0.338 e. The maximum Gasteiger partial charge on any atom is 0.256 e.